The van der Waals surface area contributed by atoms with Crippen molar-refractivity contribution in [3.63, 3.8) is 0 Å². The van der Waals surface area contributed by atoms with Crippen LogP contribution in [0.5, 0.6) is 0 Å². The SMILES string of the molecule is CCN(CC)S(=O)(=O)c1cccc(Nc2ccccc2[N+](=O)[O-])c1. The smallest absolute Gasteiger partial charge is 0.292 e. The van der Waals surface area contributed by atoms with E-state index in [1.54, 1.807) is 44.2 Å². The van der Waals surface area contributed by atoms with Gasteiger partial charge in [0, 0.05) is 24.8 Å². The maximum absolute atomic E-state index is 12.6. The lowest BCUT2D eigenvalue weighted by molar-refractivity contribution is -0.383. The fourth-order valence-electron chi connectivity index (χ4n) is 2.34. The molecule has 2 aromatic rings. The number of para-hydroxylation sites is 2. The second-order valence-electron chi connectivity index (χ2n) is 5.02. The molecule has 0 saturated carbocycles. The number of anilines is 2. The van der Waals surface area contributed by atoms with Crippen LogP contribution in [-0.2, 0) is 10.0 Å². The quantitative estimate of drug-likeness (QED) is 0.611. The zero-order chi connectivity index (χ0) is 17.7. The van der Waals surface area contributed by atoms with E-state index >= 15 is 0 Å². The van der Waals surface area contributed by atoms with E-state index in [1.165, 1.54) is 22.5 Å². The van der Waals surface area contributed by atoms with Crippen LogP contribution in [0.3, 0.4) is 0 Å². The standard InChI is InChI=1S/C16H19N3O4S/c1-3-18(4-2)24(22,23)14-9-7-8-13(12-14)17-15-10-5-6-11-16(15)19(20)21/h5-12,17H,3-4H2,1-2H3. The van der Waals surface area contributed by atoms with E-state index in [4.69, 9.17) is 0 Å². The minimum Gasteiger partial charge on any atom is -0.350 e. The Balaban J connectivity index is 2.37. The van der Waals surface area contributed by atoms with Gasteiger partial charge in [0.15, 0.2) is 0 Å². The van der Waals surface area contributed by atoms with Crippen molar-refractivity contribution in [1.29, 1.82) is 0 Å². The number of nitrogens with zero attached hydrogens (tertiary/aromatic N) is 2. The van der Waals surface area contributed by atoms with Crippen LogP contribution in [0.2, 0.25) is 0 Å². The molecule has 0 atom stereocenters. The predicted octanol–water partition coefficient (Wildman–Crippen LogP) is 3.37. The van der Waals surface area contributed by atoms with Gasteiger partial charge in [0.25, 0.3) is 5.69 Å². The van der Waals surface area contributed by atoms with Crippen molar-refractivity contribution in [2.24, 2.45) is 0 Å². The minimum absolute atomic E-state index is 0.0745. The maximum Gasteiger partial charge on any atom is 0.292 e. The number of nitro benzene ring substituents is 1. The van der Waals surface area contributed by atoms with Gasteiger partial charge in [-0.05, 0) is 24.3 Å². The zero-order valence-corrected chi connectivity index (χ0v) is 14.3. The summed E-state index contributed by atoms with van der Waals surface area (Å²) >= 11 is 0. The summed E-state index contributed by atoms with van der Waals surface area (Å²) in [5, 5.41) is 14.0. The first-order chi connectivity index (χ1) is 11.4. The Kier molecular flexibility index (Phi) is 5.53. The molecule has 8 heteroatoms. The van der Waals surface area contributed by atoms with Gasteiger partial charge in [-0.2, -0.15) is 4.31 Å². The molecule has 0 unspecified atom stereocenters. The summed E-state index contributed by atoms with van der Waals surface area (Å²) in [6, 6.07) is 12.5. The van der Waals surface area contributed by atoms with Gasteiger partial charge in [-0.25, -0.2) is 8.42 Å². The molecule has 0 bridgehead atoms. The summed E-state index contributed by atoms with van der Waals surface area (Å²) in [6.07, 6.45) is 0. The molecular weight excluding hydrogens is 330 g/mol. The fraction of sp³-hybridized carbons (Fsp3) is 0.250. The second kappa shape index (κ2) is 7.41. The lowest BCUT2D eigenvalue weighted by Crippen LogP contribution is -2.30. The topological polar surface area (TPSA) is 92.6 Å². The van der Waals surface area contributed by atoms with Gasteiger partial charge in [0.05, 0.1) is 9.82 Å². The molecule has 2 rings (SSSR count). The van der Waals surface area contributed by atoms with Crippen molar-refractivity contribution < 1.29 is 13.3 Å². The third-order valence-corrected chi connectivity index (χ3v) is 5.60. The highest BCUT2D eigenvalue weighted by Crippen LogP contribution is 2.28. The van der Waals surface area contributed by atoms with Crippen LogP contribution in [-0.4, -0.2) is 30.7 Å². The highest BCUT2D eigenvalue weighted by molar-refractivity contribution is 7.89. The summed E-state index contributed by atoms with van der Waals surface area (Å²) in [5.41, 5.74) is 0.701. The number of nitrogens with one attached hydrogen (secondary N) is 1. The molecule has 0 aromatic heterocycles. The van der Waals surface area contributed by atoms with Crippen molar-refractivity contribution in [3.05, 3.63) is 58.6 Å². The van der Waals surface area contributed by atoms with Crippen molar-refractivity contribution in [2.45, 2.75) is 18.7 Å². The molecule has 2 aromatic carbocycles. The van der Waals surface area contributed by atoms with Gasteiger partial charge >= 0.3 is 0 Å². The number of sulfonamides is 1. The highest BCUT2D eigenvalue weighted by atomic mass is 32.2. The van der Waals surface area contributed by atoms with E-state index in [-0.39, 0.29) is 10.6 Å². The minimum atomic E-state index is -3.58. The summed E-state index contributed by atoms with van der Waals surface area (Å²) in [7, 11) is -3.58. The van der Waals surface area contributed by atoms with Crippen LogP contribution >= 0.6 is 0 Å². The summed E-state index contributed by atoms with van der Waals surface area (Å²) < 4.78 is 26.5. The van der Waals surface area contributed by atoms with E-state index in [2.05, 4.69) is 5.32 Å². The molecule has 128 valence electrons. The number of nitro groups is 1. The van der Waals surface area contributed by atoms with Crippen molar-refractivity contribution in [3.8, 4) is 0 Å². The van der Waals surface area contributed by atoms with Gasteiger partial charge in [0.2, 0.25) is 10.0 Å². The lowest BCUT2D eigenvalue weighted by atomic mass is 10.2. The molecule has 0 radical (unpaired) electrons. The largest absolute Gasteiger partial charge is 0.350 e. The molecule has 24 heavy (non-hydrogen) atoms. The van der Waals surface area contributed by atoms with Gasteiger partial charge in [0.1, 0.15) is 5.69 Å². The van der Waals surface area contributed by atoms with Crippen LogP contribution in [0, 0.1) is 10.1 Å². The van der Waals surface area contributed by atoms with Gasteiger partial charge in [-0.15, -0.1) is 0 Å². The van der Waals surface area contributed by atoms with Gasteiger partial charge < -0.3 is 5.32 Å². The Morgan fingerprint density at radius 1 is 1.08 bits per heavy atom. The number of benzene rings is 2. The number of hydrogen-bond donors (Lipinski definition) is 1. The van der Waals surface area contributed by atoms with Crippen molar-refractivity contribution >= 4 is 27.1 Å². The summed E-state index contributed by atoms with van der Waals surface area (Å²) in [5.74, 6) is 0. The molecular formula is C16H19N3O4S. The third-order valence-electron chi connectivity index (χ3n) is 3.56. The molecule has 1 N–H and O–H groups in total. The molecule has 0 aliphatic heterocycles. The molecule has 0 heterocycles. The first kappa shape index (κ1) is 17.9. The lowest BCUT2D eigenvalue weighted by Gasteiger charge is -2.19. The Labute approximate surface area is 141 Å². The van der Waals surface area contributed by atoms with Crippen molar-refractivity contribution in [2.75, 3.05) is 18.4 Å². The molecule has 0 saturated heterocycles. The van der Waals surface area contributed by atoms with Gasteiger partial charge in [-0.3, -0.25) is 10.1 Å². The Hall–Kier alpha value is -2.45. The number of rotatable bonds is 7. The van der Waals surface area contributed by atoms with Crippen molar-refractivity contribution in [1.82, 2.24) is 4.31 Å². The summed E-state index contributed by atoms with van der Waals surface area (Å²) in [6.45, 7) is 4.30. The van der Waals surface area contributed by atoms with E-state index < -0.39 is 14.9 Å². The van der Waals surface area contributed by atoms with Gasteiger partial charge in [-0.1, -0.05) is 32.0 Å². The molecule has 0 spiro atoms. The zero-order valence-electron chi connectivity index (χ0n) is 13.5. The Morgan fingerprint density at radius 2 is 1.75 bits per heavy atom. The molecule has 0 aliphatic carbocycles. The van der Waals surface area contributed by atoms with E-state index in [9.17, 15) is 18.5 Å². The Bertz CT molecular complexity index is 833. The van der Waals surface area contributed by atoms with Crippen LogP contribution in [0.4, 0.5) is 17.1 Å². The van der Waals surface area contributed by atoms with Crippen LogP contribution in [0.1, 0.15) is 13.8 Å². The molecule has 0 fully saturated rings. The predicted molar refractivity (Wildman–Crippen MR) is 92.9 cm³/mol. The summed E-state index contributed by atoms with van der Waals surface area (Å²) in [4.78, 5) is 10.7. The van der Waals surface area contributed by atoms with E-state index in [0.29, 0.717) is 24.5 Å². The monoisotopic (exact) mass is 349 g/mol. The van der Waals surface area contributed by atoms with E-state index in [0.717, 1.165) is 0 Å². The third kappa shape index (κ3) is 3.72. The van der Waals surface area contributed by atoms with Crippen LogP contribution < -0.4 is 5.32 Å². The fourth-order valence-corrected chi connectivity index (χ4v) is 3.85. The molecule has 0 amide bonds. The average molecular weight is 349 g/mol. The first-order valence-electron chi connectivity index (χ1n) is 7.50. The van der Waals surface area contributed by atoms with E-state index in [1.807, 2.05) is 0 Å². The normalized spacial score (nSPS) is 11.5. The Morgan fingerprint density at radius 3 is 2.38 bits per heavy atom. The van der Waals surface area contributed by atoms with Crippen LogP contribution in [0.25, 0.3) is 0 Å². The van der Waals surface area contributed by atoms with Crippen LogP contribution in [0.15, 0.2) is 53.4 Å². The first-order valence-corrected chi connectivity index (χ1v) is 8.94. The molecule has 0 aliphatic rings. The number of hydrogen-bond acceptors (Lipinski definition) is 5. The maximum atomic E-state index is 12.6. The molecule has 7 nitrogen and oxygen atoms in total. The second-order valence-corrected chi connectivity index (χ2v) is 6.95. The highest BCUT2D eigenvalue weighted by Gasteiger charge is 2.22. The average Bonchev–Trinajstić information content (AvgIpc) is 2.56.